The standard InChI is InChI=1S/C13H9ClO3S/c14-13-6-5-12(18-13)11(16)8-17-10-3-1-9(7-15)2-4-10/h1-7H,8H2. The van der Waals surface area contributed by atoms with Crippen molar-refractivity contribution in [3.63, 3.8) is 0 Å². The van der Waals surface area contributed by atoms with Gasteiger partial charge in [0.05, 0.1) is 9.21 Å². The van der Waals surface area contributed by atoms with Crippen LogP contribution >= 0.6 is 22.9 Å². The third-order valence-electron chi connectivity index (χ3n) is 2.23. The van der Waals surface area contributed by atoms with E-state index in [4.69, 9.17) is 16.3 Å². The van der Waals surface area contributed by atoms with E-state index in [9.17, 15) is 9.59 Å². The number of hydrogen-bond donors (Lipinski definition) is 0. The van der Waals surface area contributed by atoms with Gasteiger partial charge >= 0.3 is 0 Å². The van der Waals surface area contributed by atoms with Crippen molar-refractivity contribution >= 4 is 35.0 Å². The highest BCUT2D eigenvalue weighted by molar-refractivity contribution is 7.18. The highest BCUT2D eigenvalue weighted by Gasteiger charge is 2.09. The van der Waals surface area contributed by atoms with Gasteiger partial charge in [-0.25, -0.2) is 0 Å². The normalized spacial score (nSPS) is 10.1. The van der Waals surface area contributed by atoms with E-state index in [0.29, 0.717) is 20.5 Å². The zero-order valence-corrected chi connectivity index (χ0v) is 10.8. The molecule has 0 saturated heterocycles. The van der Waals surface area contributed by atoms with Crippen molar-refractivity contribution in [3.05, 3.63) is 51.2 Å². The van der Waals surface area contributed by atoms with E-state index in [2.05, 4.69) is 0 Å². The fourth-order valence-corrected chi connectivity index (χ4v) is 2.29. The number of hydrogen-bond acceptors (Lipinski definition) is 4. The molecule has 18 heavy (non-hydrogen) atoms. The molecule has 1 heterocycles. The molecule has 0 aliphatic rings. The molecule has 0 amide bonds. The van der Waals surface area contributed by atoms with E-state index in [-0.39, 0.29) is 12.4 Å². The van der Waals surface area contributed by atoms with Crippen LogP contribution < -0.4 is 4.74 Å². The smallest absolute Gasteiger partial charge is 0.210 e. The van der Waals surface area contributed by atoms with Gasteiger partial charge < -0.3 is 4.74 Å². The lowest BCUT2D eigenvalue weighted by molar-refractivity contribution is 0.0925. The fourth-order valence-electron chi connectivity index (χ4n) is 1.33. The first-order chi connectivity index (χ1) is 8.69. The molecule has 1 aromatic carbocycles. The van der Waals surface area contributed by atoms with E-state index >= 15 is 0 Å². The average molecular weight is 281 g/mol. The number of rotatable bonds is 5. The van der Waals surface area contributed by atoms with Gasteiger partial charge in [-0.3, -0.25) is 9.59 Å². The first-order valence-corrected chi connectivity index (χ1v) is 6.35. The summed E-state index contributed by atoms with van der Waals surface area (Å²) in [7, 11) is 0. The molecule has 0 saturated carbocycles. The summed E-state index contributed by atoms with van der Waals surface area (Å²) in [5.74, 6) is 0.433. The SMILES string of the molecule is O=Cc1ccc(OCC(=O)c2ccc(Cl)s2)cc1. The van der Waals surface area contributed by atoms with Gasteiger partial charge in [-0.15, -0.1) is 11.3 Å². The van der Waals surface area contributed by atoms with Gasteiger partial charge in [-0.1, -0.05) is 11.6 Å². The monoisotopic (exact) mass is 280 g/mol. The van der Waals surface area contributed by atoms with Crippen molar-refractivity contribution in [1.29, 1.82) is 0 Å². The fraction of sp³-hybridized carbons (Fsp3) is 0.0769. The summed E-state index contributed by atoms with van der Waals surface area (Å²) < 4.78 is 5.91. The van der Waals surface area contributed by atoms with Gasteiger partial charge in [0.1, 0.15) is 12.0 Å². The molecule has 0 fully saturated rings. The lowest BCUT2D eigenvalue weighted by atomic mass is 10.2. The topological polar surface area (TPSA) is 43.4 Å². The predicted octanol–water partition coefficient (Wildman–Crippen LogP) is 3.48. The minimum atomic E-state index is -0.119. The number of aldehydes is 1. The number of carbonyl (C=O) groups is 2. The van der Waals surface area contributed by atoms with Crippen molar-refractivity contribution in [3.8, 4) is 5.75 Å². The van der Waals surface area contributed by atoms with Crippen LogP contribution in [0, 0.1) is 0 Å². The van der Waals surface area contributed by atoms with Crippen LogP contribution in [0.5, 0.6) is 5.75 Å². The molecule has 1 aromatic heterocycles. The number of ether oxygens (including phenoxy) is 1. The summed E-state index contributed by atoms with van der Waals surface area (Å²) in [6, 6.07) is 9.92. The van der Waals surface area contributed by atoms with Gasteiger partial charge in [0.25, 0.3) is 0 Å². The second-order valence-corrected chi connectivity index (χ2v) is 5.22. The Kier molecular flexibility index (Phi) is 4.12. The van der Waals surface area contributed by atoms with E-state index in [1.54, 1.807) is 36.4 Å². The molecule has 92 valence electrons. The molecule has 5 heteroatoms. The average Bonchev–Trinajstić information content (AvgIpc) is 2.83. The Morgan fingerprint density at radius 3 is 2.50 bits per heavy atom. The van der Waals surface area contributed by atoms with Gasteiger partial charge in [0.2, 0.25) is 5.78 Å². The molecule has 0 aliphatic carbocycles. The lowest BCUT2D eigenvalue weighted by Crippen LogP contribution is -2.09. The summed E-state index contributed by atoms with van der Waals surface area (Å²) in [4.78, 5) is 22.8. The van der Waals surface area contributed by atoms with E-state index in [0.717, 1.165) is 6.29 Å². The van der Waals surface area contributed by atoms with Gasteiger partial charge in [-0.05, 0) is 36.4 Å². The van der Waals surface area contributed by atoms with Crippen LogP contribution in [0.25, 0.3) is 0 Å². The van der Waals surface area contributed by atoms with Crippen molar-refractivity contribution < 1.29 is 14.3 Å². The number of Topliss-reactive ketones (excluding diaryl/α,β-unsaturated/α-hetero) is 1. The minimum absolute atomic E-state index is 0.0444. The highest BCUT2D eigenvalue weighted by atomic mass is 35.5. The zero-order chi connectivity index (χ0) is 13.0. The van der Waals surface area contributed by atoms with Gasteiger partial charge in [0, 0.05) is 5.56 Å². The molecule has 0 unspecified atom stereocenters. The molecule has 0 bridgehead atoms. The Balaban J connectivity index is 1.94. The third kappa shape index (κ3) is 3.18. The Morgan fingerprint density at radius 1 is 1.22 bits per heavy atom. The van der Waals surface area contributed by atoms with Crippen LogP contribution in [-0.2, 0) is 0 Å². The Bertz CT molecular complexity index is 560. The van der Waals surface area contributed by atoms with Gasteiger partial charge in [0.15, 0.2) is 6.61 Å². The predicted molar refractivity (Wildman–Crippen MR) is 71.0 cm³/mol. The second-order valence-electron chi connectivity index (χ2n) is 3.50. The molecule has 3 nitrogen and oxygen atoms in total. The molecule has 0 radical (unpaired) electrons. The maximum absolute atomic E-state index is 11.7. The summed E-state index contributed by atoms with van der Waals surface area (Å²) in [5.41, 5.74) is 0.568. The number of benzene rings is 1. The summed E-state index contributed by atoms with van der Waals surface area (Å²) >= 11 is 6.97. The van der Waals surface area contributed by atoms with E-state index < -0.39 is 0 Å². The quantitative estimate of drug-likeness (QED) is 0.622. The van der Waals surface area contributed by atoms with Crippen molar-refractivity contribution in [2.75, 3.05) is 6.61 Å². The molecule has 0 aliphatic heterocycles. The number of carbonyl (C=O) groups excluding carboxylic acids is 2. The van der Waals surface area contributed by atoms with E-state index in [1.165, 1.54) is 11.3 Å². The van der Waals surface area contributed by atoms with Crippen LogP contribution in [0.3, 0.4) is 0 Å². The molecular weight excluding hydrogens is 272 g/mol. The highest BCUT2D eigenvalue weighted by Crippen LogP contribution is 2.22. The molecule has 2 rings (SSSR count). The largest absolute Gasteiger partial charge is 0.485 e. The first kappa shape index (κ1) is 12.8. The van der Waals surface area contributed by atoms with E-state index in [1.807, 2.05) is 0 Å². The maximum atomic E-state index is 11.7. The molecule has 0 atom stereocenters. The zero-order valence-electron chi connectivity index (χ0n) is 9.26. The lowest BCUT2D eigenvalue weighted by Gasteiger charge is -2.04. The van der Waals surface area contributed by atoms with Crippen molar-refractivity contribution in [2.45, 2.75) is 0 Å². The van der Waals surface area contributed by atoms with Crippen LogP contribution in [-0.4, -0.2) is 18.7 Å². The number of ketones is 1. The van der Waals surface area contributed by atoms with Crippen molar-refractivity contribution in [1.82, 2.24) is 0 Å². The van der Waals surface area contributed by atoms with Crippen molar-refractivity contribution in [2.24, 2.45) is 0 Å². The molecule has 0 spiro atoms. The molecular formula is C13H9ClO3S. The van der Waals surface area contributed by atoms with Crippen LogP contribution in [0.2, 0.25) is 4.34 Å². The minimum Gasteiger partial charge on any atom is -0.485 e. The summed E-state index contributed by atoms with van der Waals surface area (Å²) in [6.07, 6.45) is 0.753. The third-order valence-corrected chi connectivity index (χ3v) is 3.51. The number of halogens is 1. The maximum Gasteiger partial charge on any atom is 0.210 e. The number of thiophene rings is 1. The Labute approximate surface area is 113 Å². The van der Waals surface area contributed by atoms with Crippen LogP contribution in [0.1, 0.15) is 20.0 Å². The van der Waals surface area contributed by atoms with Crippen LogP contribution in [0.15, 0.2) is 36.4 Å². The Hall–Kier alpha value is -1.65. The van der Waals surface area contributed by atoms with Crippen LogP contribution in [0.4, 0.5) is 0 Å². The Morgan fingerprint density at radius 2 is 1.94 bits per heavy atom. The summed E-state index contributed by atoms with van der Waals surface area (Å²) in [6.45, 7) is -0.0444. The molecule has 2 aromatic rings. The second kappa shape index (κ2) is 5.80. The molecule has 0 N–H and O–H groups in total. The first-order valence-electron chi connectivity index (χ1n) is 5.15. The van der Waals surface area contributed by atoms with Gasteiger partial charge in [-0.2, -0.15) is 0 Å². The summed E-state index contributed by atoms with van der Waals surface area (Å²) in [5, 5.41) is 0.